The standard InChI is InChI=1S/C19H21N3O5/c1-5-9-20-18(23)13-7-6-8-14(22-13)19(24)21-12-10-15(25-2)17(27-4)16(11-12)26-3/h5-8,10-11H,1,9H2,2-4H3,(H,20,23)(H,21,24). The van der Waals surface area contributed by atoms with Gasteiger partial charge in [-0.1, -0.05) is 12.1 Å². The highest BCUT2D eigenvalue weighted by Crippen LogP contribution is 2.39. The lowest BCUT2D eigenvalue weighted by atomic mass is 10.2. The third-order valence-corrected chi connectivity index (χ3v) is 3.54. The van der Waals surface area contributed by atoms with E-state index in [0.29, 0.717) is 29.5 Å². The van der Waals surface area contributed by atoms with Crippen LogP contribution in [0, 0.1) is 0 Å². The number of nitrogens with zero attached hydrogens (tertiary/aromatic N) is 1. The third-order valence-electron chi connectivity index (χ3n) is 3.54. The number of nitrogens with one attached hydrogen (secondary N) is 2. The van der Waals surface area contributed by atoms with E-state index >= 15 is 0 Å². The maximum Gasteiger partial charge on any atom is 0.274 e. The summed E-state index contributed by atoms with van der Waals surface area (Å²) in [5.41, 5.74) is 0.655. The molecule has 27 heavy (non-hydrogen) atoms. The normalized spacial score (nSPS) is 9.89. The molecule has 0 fully saturated rings. The van der Waals surface area contributed by atoms with E-state index in [1.54, 1.807) is 24.3 Å². The quantitative estimate of drug-likeness (QED) is 0.691. The highest BCUT2D eigenvalue weighted by atomic mass is 16.5. The summed E-state index contributed by atoms with van der Waals surface area (Å²) in [6.07, 6.45) is 1.55. The van der Waals surface area contributed by atoms with E-state index in [1.807, 2.05) is 0 Å². The summed E-state index contributed by atoms with van der Waals surface area (Å²) in [6.45, 7) is 3.84. The van der Waals surface area contributed by atoms with Crippen LogP contribution in [0.5, 0.6) is 17.2 Å². The number of anilines is 1. The molecule has 0 saturated heterocycles. The first-order valence-corrected chi connectivity index (χ1v) is 8.01. The maximum absolute atomic E-state index is 12.5. The van der Waals surface area contributed by atoms with Crippen molar-refractivity contribution in [1.82, 2.24) is 10.3 Å². The van der Waals surface area contributed by atoms with E-state index in [-0.39, 0.29) is 11.4 Å². The van der Waals surface area contributed by atoms with E-state index in [1.165, 1.54) is 33.5 Å². The van der Waals surface area contributed by atoms with Crippen LogP contribution in [0.15, 0.2) is 43.0 Å². The average molecular weight is 371 g/mol. The predicted octanol–water partition coefficient (Wildman–Crippen LogP) is 2.28. The van der Waals surface area contributed by atoms with Gasteiger partial charge >= 0.3 is 0 Å². The van der Waals surface area contributed by atoms with Gasteiger partial charge in [0.2, 0.25) is 5.75 Å². The molecule has 142 valence electrons. The molecule has 0 aliphatic carbocycles. The molecule has 0 aliphatic heterocycles. The van der Waals surface area contributed by atoms with Crippen molar-refractivity contribution >= 4 is 17.5 Å². The fraction of sp³-hybridized carbons (Fsp3) is 0.211. The summed E-state index contributed by atoms with van der Waals surface area (Å²) < 4.78 is 15.8. The van der Waals surface area contributed by atoms with Crippen LogP contribution in [-0.2, 0) is 0 Å². The monoisotopic (exact) mass is 371 g/mol. The second kappa shape index (κ2) is 9.23. The number of benzene rings is 1. The van der Waals surface area contributed by atoms with Crippen molar-refractivity contribution in [3.05, 3.63) is 54.4 Å². The van der Waals surface area contributed by atoms with Gasteiger partial charge in [0.05, 0.1) is 21.3 Å². The van der Waals surface area contributed by atoms with Gasteiger partial charge in [-0.2, -0.15) is 0 Å². The molecule has 2 rings (SSSR count). The topological polar surface area (TPSA) is 98.8 Å². The van der Waals surface area contributed by atoms with Gasteiger partial charge in [-0.15, -0.1) is 6.58 Å². The van der Waals surface area contributed by atoms with Crippen LogP contribution in [0.25, 0.3) is 0 Å². The van der Waals surface area contributed by atoms with E-state index < -0.39 is 11.8 Å². The maximum atomic E-state index is 12.5. The molecule has 0 saturated carbocycles. The summed E-state index contributed by atoms with van der Waals surface area (Å²) in [5.74, 6) is 0.340. The molecule has 0 unspecified atom stereocenters. The molecule has 1 aromatic heterocycles. The van der Waals surface area contributed by atoms with Gasteiger partial charge in [-0.3, -0.25) is 9.59 Å². The number of carbonyl (C=O) groups is 2. The van der Waals surface area contributed by atoms with Crippen molar-refractivity contribution in [3.8, 4) is 17.2 Å². The molecule has 2 N–H and O–H groups in total. The Morgan fingerprint density at radius 1 is 1.04 bits per heavy atom. The summed E-state index contributed by atoms with van der Waals surface area (Å²) in [4.78, 5) is 28.6. The van der Waals surface area contributed by atoms with Crippen molar-refractivity contribution in [2.75, 3.05) is 33.2 Å². The van der Waals surface area contributed by atoms with Gasteiger partial charge < -0.3 is 24.8 Å². The lowest BCUT2D eigenvalue weighted by Crippen LogP contribution is -2.25. The summed E-state index contributed by atoms with van der Waals surface area (Å²) in [6, 6.07) is 7.81. The minimum absolute atomic E-state index is 0.0926. The Hall–Kier alpha value is -3.55. The van der Waals surface area contributed by atoms with Crippen molar-refractivity contribution in [2.24, 2.45) is 0 Å². The summed E-state index contributed by atoms with van der Waals surface area (Å²) >= 11 is 0. The van der Waals surface area contributed by atoms with Crippen molar-refractivity contribution < 1.29 is 23.8 Å². The van der Waals surface area contributed by atoms with Gasteiger partial charge in [0.25, 0.3) is 11.8 Å². The Bertz CT molecular complexity index is 826. The zero-order valence-electron chi connectivity index (χ0n) is 15.4. The number of ether oxygens (including phenoxy) is 3. The smallest absolute Gasteiger partial charge is 0.274 e. The third kappa shape index (κ3) is 4.75. The number of methoxy groups -OCH3 is 3. The van der Waals surface area contributed by atoms with Crippen LogP contribution < -0.4 is 24.8 Å². The predicted molar refractivity (Wildman–Crippen MR) is 101 cm³/mol. The zero-order chi connectivity index (χ0) is 19.8. The van der Waals surface area contributed by atoms with Gasteiger partial charge in [0.15, 0.2) is 11.5 Å². The second-order valence-corrected chi connectivity index (χ2v) is 5.27. The second-order valence-electron chi connectivity index (χ2n) is 5.27. The van der Waals surface area contributed by atoms with Crippen LogP contribution in [0.3, 0.4) is 0 Å². The summed E-state index contributed by atoms with van der Waals surface area (Å²) in [7, 11) is 4.46. The molecule has 1 aromatic carbocycles. The number of hydrogen-bond acceptors (Lipinski definition) is 6. The zero-order valence-corrected chi connectivity index (χ0v) is 15.4. The Balaban J connectivity index is 2.25. The highest BCUT2D eigenvalue weighted by molar-refractivity contribution is 6.04. The molecule has 1 heterocycles. The molecular formula is C19H21N3O5. The fourth-order valence-corrected chi connectivity index (χ4v) is 2.29. The van der Waals surface area contributed by atoms with E-state index in [9.17, 15) is 9.59 Å². The lowest BCUT2D eigenvalue weighted by Gasteiger charge is -2.14. The Morgan fingerprint density at radius 3 is 2.15 bits per heavy atom. The van der Waals surface area contributed by atoms with Crippen LogP contribution in [0.4, 0.5) is 5.69 Å². The number of rotatable bonds is 8. The van der Waals surface area contributed by atoms with Crippen LogP contribution in [-0.4, -0.2) is 44.7 Å². The molecule has 0 atom stereocenters. The van der Waals surface area contributed by atoms with Crippen LogP contribution in [0.1, 0.15) is 21.0 Å². The molecule has 2 aromatic rings. The highest BCUT2D eigenvalue weighted by Gasteiger charge is 2.16. The minimum atomic E-state index is -0.484. The largest absolute Gasteiger partial charge is 0.493 e. The number of carbonyl (C=O) groups excluding carboxylic acids is 2. The molecule has 0 radical (unpaired) electrons. The number of amides is 2. The number of pyridine rings is 1. The molecule has 2 amide bonds. The van der Waals surface area contributed by atoms with Gasteiger partial charge in [-0.05, 0) is 12.1 Å². The van der Waals surface area contributed by atoms with E-state index in [2.05, 4.69) is 22.2 Å². The summed E-state index contributed by atoms with van der Waals surface area (Å²) in [5, 5.41) is 5.31. The van der Waals surface area contributed by atoms with Crippen molar-refractivity contribution in [2.45, 2.75) is 0 Å². The molecule has 0 bridgehead atoms. The van der Waals surface area contributed by atoms with Crippen LogP contribution in [0.2, 0.25) is 0 Å². The van der Waals surface area contributed by atoms with Gasteiger partial charge in [0.1, 0.15) is 11.4 Å². The Labute approximate surface area is 157 Å². The lowest BCUT2D eigenvalue weighted by molar-refractivity contribution is 0.0953. The molecule has 0 aliphatic rings. The van der Waals surface area contributed by atoms with Gasteiger partial charge in [-0.25, -0.2) is 4.98 Å². The molecule has 0 spiro atoms. The molecule has 8 nitrogen and oxygen atoms in total. The fourth-order valence-electron chi connectivity index (χ4n) is 2.29. The first-order valence-electron chi connectivity index (χ1n) is 8.01. The molecular weight excluding hydrogens is 350 g/mol. The first kappa shape index (κ1) is 19.8. The Morgan fingerprint density at radius 2 is 1.63 bits per heavy atom. The van der Waals surface area contributed by atoms with Crippen molar-refractivity contribution in [1.29, 1.82) is 0 Å². The van der Waals surface area contributed by atoms with E-state index in [4.69, 9.17) is 14.2 Å². The van der Waals surface area contributed by atoms with E-state index in [0.717, 1.165) is 0 Å². The number of aromatic nitrogens is 1. The SMILES string of the molecule is C=CCNC(=O)c1cccc(C(=O)Nc2cc(OC)c(OC)c(OC)c2)n1. The average Bonchev–Trinajstić information content (AvgIpc) is 2.71. The van der Waals surface area contributed by atoms with Crippen LogP contribution >= 0.6 is 0 Å². The Kier molecular flexibility index (Phi) is 6.76. The molecule has 8 heteroatoms. The van der Waals surface area contributed by atoms with Crippen molar-refractivity contribution in [3.63, 3.8) is 0 Å². The van der Waals surface area contributed by atoms with Gasteiger partial charge in [0, 0.05) is 24.4 Å². The number of hydrogen-bond donors (Lipinski definition) is 2. The first-order chi connectivity index (χ1) is 13.0. The minimum Gasteiger partial charge on any atom is -0.493 e.